The minimum Gasteiger partial charge on any atom is -0.281 e. The molecule has 1 saturated heterocycles. The van der Waals surface area contributed by atoms with Gasteiger partial charge in [0.05, 0.1) is 0 Å². The number of ether oxygens (including phenoxy) is 2. The van der Waals surface area contributed by atoms with Gasteiger partial charge in [-0.05, 0) is 23.2 Å². The maximum Gasteiger partial charge on any atom is 0.460 e. The Bertz CT molecular complexity index is 634. The van der Waals surface area contributed by atoms with Gasteiger partial charge in [-0.1, -0.05) is 0 Å². The van der Waals surface area contributed by atoms with Crippen molar-refractivity contribution in [2.75, 3.05) is 0 Å². The molecule has 2 atom stereocenters. The molecule has 1 fully saturated rings. The van der Waals surface area contributed by atoms with Crippen molar-refractivity contribution < 1.29 is 79.7 Å². The molecule has 29 heavy (non-hydrogen) atoms. The van der Waals surface area contributed by atoms with Crippen LogP contribution in [0.2, 0.25) is 0 Å². The third kappa shape index (κ3) is 3.19. The molecule has 0 spiro atoms. The highest BCUT2D eigenvalue weighted by Crippen LogP contribution is 2.67. The predicted molar refractivity (Wildman–Crippen MR) is 56.2 cm³/mol. The van der Waals surface area contributed by atoms with Crippen LogP contribution in [0.25, 0.3) is 0 Å². The van der Waals surface area contributed by atoms with E-state index in [0.717, 1.165) is 0 Å². The van der Waals surface area contributed by atoms with E-state index in [1.54, 1.807) is 0 Å². The zero-order chi connectivity index (χ0) is 23.9. The predicted octanol–water partition coefficient (Wildman–Crippen LogP) is 6.12. The molecule has 0 saturated carbocycles. The average molecular weight is 515 g/mol. The molecule has 2 unspecified atom stereocenters. The van der Waals surface area contributed by atoms with Gasteiger partial charge in [-0.3, -0.25) is 9.47 Å². The van der Waals surface area contributed by atoms with Crippen LogP contribution in [-0.2, 0) is 9.47 Å². The van der Waals surface area contributed by atoms with Gasteiger partial charge in [0.2, 0.25) is 0 Å². The summed E-state index contributed by atoms with van der Waals surface area (Å²) in [5.74, 6) is -40.0. The third-order valence-electron chi connectivity index (χ3n) is 3.21. The van der Waals surface area contributed by atoms with Crippen LogP contribution in [0.15, 0.2) is 0 Å². The lowest BCUT2D eigenvalue weighted by molar-refractivity contribution is -0.491. The second kappa shape index (κ2) is 6.21. The lowest BCUT2D eigenvalue weighted by Gasteiger charge is -2.43. The van der Waals surface area contributed by atoms with E-state index in [-0.39, 0.29) is 0 Å². The molecule has 174 valence electrons. The third-order valence-corrected chi connectivity index (χ3v) is 3.95. The van der Waals surface area contributed by atoms with E-state index >= 15 is 0 Å². The molecular formula is C9Cl2F16O2. The fourth-order valence-electron chi connectivity index (χ4n) is 1.70. The Morgan fingerprint density at radius 3 is 1.07 bits per heavy atom. The average Bonchev–Trinajstić information content (AvgIpc) is 2.63. The Morgan fingerprint density at radius 1 is 0.517 bits per heavy atom. The van der Waals surface area contributed by atoms with E-state index in [1.807, 2.05) is 0 Å². The van der Waals surface area contributed by atoms with Gasteiger partial charge in [0.25, 0.3) is 0 Å². The van der Waals surface area contributed by atoms with Gasteiger partial charge in [-0.15, -0.1) is 0 Å². The lowest BCUT2D eigenvalue weighted by Crippen LogP contribution is -2.75. The van der Waals surface area contributed by atoms with Crippen molar-refractivity contribution in [3.05, 3.63) is 0 Å². The first-order chi connectivity index (χ1) is 12.2. The second-order valence-corrected chi connectivity index (χ2v) is 6.12. The van der Waals surface area contributed by atoms with Crippen LogP contribution in [0.4, 0.5) is 70.2 Å². The molecule has 0 aromatic carbocycles. The maximum atomic E-state index is 13.8. The summed E-state index contributed by atoms with van der Waals surface area (Å²) in [5, 5.41) is -11.0. The maximum absolute atomic E-state index is 13.8. The van der Waals surface area contributed by atoms with Crippen LogP contribution < -0.4 is 0 Å². The summed E-state index contributed by atoms with van der Waals surface area (Å²) in [7, 11) is 0. The number of alkyl halides is 18. The normalized spacial score (nSPS) is 33.3. The molecule has 0 N–H and O–H groups in total. The topological polar surface area (TPSA) is 18.5 Å². The molecule has 0 aromatic rings. The standard InChI is InChI=1S/C9Cl2F16O2/c10-6(20)7(11,21)29-5(28-6,9(25,26)27)3(16,17)1(12,13)2(14,15)4(18,19)8(22,23)24. The fraction of sp³-hybridized carbons (Fsp3) is 1.00. The van der Waals surface area contributed by atoms with Crippen LogP contribution in [0, 0.1) is 0 Å². The van der Waals surface area contributed by atoms with Crippen LogP contribution in [0.3, 0.4) is 0 Å². The highest BCUT2D eigenvalue weighted by atomic mass is 35.5. The summed E-state index contributed by atoms with van der Waals surface area (Å²) in [4.78, 5) is 0. The fourth-order valence-corrected chi connectivity index (χ4v) is 2.00. The van der Waals surface area contributed by atoms with Crippen molar-refractivity contribution in [3.8, 4) is 0 Å². The summed E-state index contributed by atoms with van der Waals surface area (Å²) in [6.07, 6.45) is -15.1. The van der Waals surface area contributed by atoms with Gasteiger partial charge in [0.15, 0.2) is 0 Å². The summed E-state index contributed by atoms with van der Waals surface area (Å²) in [6, 6.07) is 0. The molecule has 1 heterocycles. The van der Waals surface area contributed by atoms with Gasteiger partial charge in [-0.25, -0.2) is 0 Å². The Morgan fingerprint density at radius 2 is 0.828 bits per heavy atom. The summed E-state index contributed by atoms with van der Waals surface area (Å²) >= 11 is 8.34. The molecule has 0 aromatic heterocycles. The zero-order valence-electron chi connectivity index (χ0n) is 12.1. The number of hydrogen-bond acceptors (Lipinski definition) is 2. The van der Waals surface area contributed by atoms with Gasteiger partial charge >= 0.3 is 52.5 Å². The number of rotatable bonds is 4. The van der Waals surface area contributed by atoms with Gasteiger partial charge < -0.3 is 0 Å². The van der Waals surface area contributed by atoms with E-state index in [9.17, 15) is 70.2 Å². The molecule has 1 rings (SSSR count). The molecule has 0 amide bonds. The van der Waals surface area contributed by atoms with Crippen LogP contribution in [0.5, 0.6) is 0 Å². The number of halogens is 18. The zero-order valence-corrected chi connectivity index (χ0v) is 13.6. The van der Waals surface area contributed by atoms with Gasteiger partial charge in [0.1, 0.15) is 0 Å². The summed E-state index contributed by atoms with van der Waals surface area (Å²) < 4.78 is 212. The van der Waals surface area contributed by atoms with E-state index in [0.29, 0.717) is 0 Å². The largest absolute Gasteiger partial charge is 0.460 e. The van der Waals surface area contributed by atoms with Gasteiger partial charge in [-0.2, -0.15) is 70.2 Å². The van der Waals surface area contributed by atoms with Crippen molar-refractivity contribution in [1.82, 2.24) is 0 Å². The van der Waals surface area contributed by atoms with Crippen molar-refractivity contribution >= 4 is 23.2 Å². The highest BCUT2D eigenvalue weighted by molar-refractivity contribution is 6.32. The second-order valence-electron chi connectivity index (χ2n) is 5.15. The van der Waals surface area contributed by atoms with E-state index in [4.69, 9.17) is 0 Å². The van der Waals surface area contributed by atoms with E-state index in [1.165, 1.54) is 0 Å². The molecule has 2 nitrogen and oxygen atoms in total. The Kier molecular flexibility index (Phi) is 5.66. The Balaban J connectivity index is 3.81. The first kappa shape index (κ1) is 26.4. The monoisotopic (exact) mass is 514 g/mol. The molecule has 1 aliphatic heterocycles. The number of hydrogen-bond donors (Lipinski definition) is 0. The molecular weight excluding hydrogens is 515 g/mol. The van der Waals surface area contributed by atoms with Crippen LogP contribution in [0.1, 0.15) is 0 Å². The lowest BCUT2D eigenvalue weighted by atomic mass is 9.92. The molecule has 0 radical (unpaired) electrons. The minimum absolute atomic E-state index is 2.42. The Hall–Kier alpha value is -0.620. The Labute approximate surface area is 156 Å². The minimum atomic E-state index is -8.40. The van der Waals surface area contributed by atoms with E-state index < -0.39 is 52.5 Å². The SMILES string of the molecule is FC(F)(F)C(F)(F)C(F)(F)C(F)(F)C(F)(F)C1(C(F)(F)F)OC(F)(Cl)C(F)(Cl)O1. The molecule has 0 aliphatic carbocycles. The first-order valence-electron chi connectivity index (χ1n) is 5.97. The summed E-state index contributed by atoms with van der Waals surface area (Å²) in [6.45, 7) is 0. The van der Waals surface area contributed by atoms with Crippen molar-refractivity contribution in [3.63, 3.8) is 0 Å². The van der Waals surface area contributed by atoms with Crippen LogP contribution in [-0.4, -0.2) is 52.5 Å². The molecule has 1 aliphatic rings. The van der Waals surface area contributed by atoms with Crippen molar-refractivity contribution in [2.45, 2.75) is 52.5 Å². The van der Waals surface area contributed by atoms with Crippen molar-refractivity contribution in [2.24, 2.45) is 0 Å². The molecule has 20 heteroatoms. The molecule has 0 bridgehead atoms. The first-order valence-corrected chi connectivity index (χ1v) is 6.72. The van der Waals surface area contributed by atoms with Crippen LogP contribution >= 0.6 is 23.2 Å². The summed E-state index contributed by atoms with van der Waals surface area (Å²) in [5.41, 5.74) is 0. The highest BCUT2D eigenvalue weighted by Gasteiger charge is 2.97. The quantitative estimate of drug-likeness (QED) is 0.332. The smallest absolute Gasteiger partial charge is 0.281 e. The van der Waals surface area contributed by atoms with Crippen molar-refractivity contribution in [1.29, 1.82) is 0 Å². The van der Waals surface area contributed by atoms with Gasteiger partial charge in [0, 0.05) is 0 Å². The van der Waals surface area contributed by atoms with E-state index in [2.05, 4.69) is 32.7 Å².